The summed E-state index contributed by atoms with van der Waals surface area (Å²) in [5.41, 5.74) is -0.367. The van der Waals surface area contributed by atoms with Crippen LogP contribution in [0.5, 0.6) is 0 Å². The van der Waals surface area contributed by atoms with E-state index >= 15 is 0 Å². The second-order valence-electron chi connectivity index (χ2n) is 4.36. The SMILES string of the molecule is O=C(O)C1CCCCCN1C(=O)c1c[nH]c(=O)[nH]1. The molecule has 18 heavy (non-hydrogen) atoms. The number of rotatable bonds is 2. The fourth-order valence-corrected chi connectivity index (χ4v) is 2.21. The standard InChI is InChI=1S/C11H15N3O4/c15-9(7-6-12-11(18)13-7)14-5-3-1-2-4-8(14)10(16)17/h6,8H,1-5H2,(H,16,17)(H2,12,13,18). The van der Waals surface area contributed by atoms with Crippen LogP contribution in [0.15, 0.2) is 11.0 Å². The number of nitrogens with zero attached hydrogens (tertiary/aromatic N) is 1. The molecule has 0 saturated carbocycles. The Morgan fingerprint density at radius 3 is 2.72 bits per heavy atom. The zero-order valence-corrected chi connectivity index (χ0v) is 9.81. The first kappa shape index (κ1) is 12.4. The van der Waals surface area contributed by atoms with E-state index in [1.807, 2.05) is 0 Å². The van der Waals surface area contributed by atoms with Crippen molar-refractivity contribution in [1.82, 2.24) is 14.9 Å². The van der Waals surface area contributed by atoms with Gasteiger partial charge in [-0.15, -0.1) is 0 Å². The van der Waals surface area contributed by atoms with E-state index in [1.54, 1.807) is 0 Å². The molecule has 1 fully saturated rings. The van der Waals surface area contributed by atoms with Gasteiger partial charge in [0.15, 0.2) is 0 Å². The number of hydrogen-bond donors (Lipinski definition) is 3. The topological polar surface area (TPSA) is 106 Å². The van der Waals surface area contributed by atoms with E-state index < -0.39 is 23.6 Å². The van der Waals surface area contributed by atoms with Crippen LogP contribution in [0.1, 0.15) is 36.2 Å². The van der Waals surface area contributed by atoms with Gasteiger partial charge in [0, 0.05) is 12.7 Å². The van der Waals surface area contributed by atoms with E-state index in [2.05, 4.69) is 9.97 Å². The van der Waals surface area contributed by atoms with E-state index in [1.165, 1.54) is 11.1 Å². The molecule has 1 unspecified atom stereocenters. The number of carbonyl (C=O) groups excluding carboxylic acids is 1. The smallest absolute Gasteiger partial charge is 0.326 e. The predicted octanol–water partition coefficient (Wildman–Crippen LogP) is 0.172. The fourth-order valence-electron chi connectivity index (χ4n) is 2.21. The highest BCUT2D eigenvalue weighted by Gasteiger charge is 2.31. The third-order valence-corrected chi connectivity index (χ3v) is 3.12. The first-order chi connectivity index (χ1) is 8.59. The summed E-state index contributed by atoms with van der Waals surface area (Å²) in [6.07, 6.45) is 4.22. The number of carboxylic acid groups (broad SMARTS) is 1. The number of aliphatic carboxylic acids is 1. The summed E-state index contributed by atoms with van der Waals surface area (Å²) in [4.78, 5) is 40.3. The highest BCUT2D eigenvalue weighted by Crippen LogP contribution is 2.18. The van der Waals surface area contributed by atoms with E-state index in [0.29, 0.717) is 13.0 Å². The van der Waals surface area contributed by atoms with Crippen molar-refractivity contribution in [2.75, 3.05) is 6.54 Å². The van der Waals surface area contributed by atoms with Crippen molar-refractivity contribution in [3.05, 3.63) is 22.4 Å². The average molecular weight is 253 g/mol. The summed E-state index contributed by atoms with van der Waals surface area (Å²) < 4.78 is 0. The molecule has 0 aliphatic carbocycles. The molecule has 1 aromatic rings. The minimum Gasteiger partial charge on any atom is -0.480 e. The fraction of sp³-hybridized carbons (Fsp3) is 0.545. The number of hydrogen-bond acceptors (Lipinski definition) is 3. The molecular formula is C11H15N3O4. The van der Waals surface area contributed by atoms with Crippen LogP contribution >= 0.6 is 0 Å². The highest BCUT2D eigenvalue weighted by atomic mass is 16.4. The summed E-state index contributed by atoms with van der Waals surface area (Å²) in [5, 5.41) is 9.16. The van der Waals surface area contributed by atoms with Gasteiger partial charge in [-0.25, -0.2) is 9.59 Å². The van der Waals surface area contributed by atoms with Crippen LogP contribution in [0, 0.1) is 0 Å². The van der Waals surface area contributed by atoms with Gasteiger partial charge in [-0.2, -0.15) is 0 Å². The van der Waals surface area contributed by atoms with Crippen molar-refractivity contribution in [1.29, 1.82) is 0 Å². The number of likely N-dealkylation sites (tertiary alicyclic amines) is 1. The molecule has 1 aromatic heterocycles. The second-order valence-corrected chi connectivity index (χ2v) is 4.36. The van der Waals surface area contributed by atoms with Crippen LogP contribution < -0.4 is 5.69 Å². The molecule has 1 saturated heterocycles. The van der Waals surface area contributed by atoms with Crippen LogP contribution in [0.2, 0.25) is 0 Å². The Hall–Kier alpha value is -2.05. The molecule has 7 heteroatoms. The lowest BCUT2D eigenvalue weighted by atomic mass is 10.1. The van der Waals surface area contributed by atoms with Gasteiger partial charge in [0.2, 0.25) is 0 Å². The van der Waals surface area contributed by atoms with E-state index in [-0.39, 0.29) is 5.69 Å². The second kappa shape index (κ2) is 5.07. The molecule has 1 atom stereocenters. The van der Waals surface area contributed by atoms with Crippen LogP contribution in [-0.4, -0.2) is 44.4 Å². The first-order valence-electron chi connectivity index (χ1n) is 5.91. The van der Waals surface area contributed by atoms with Gasteiger partial charge in [-0.3, -0.25) is 4.79 Å². The van der Waals surface area contributed by atoms with Gasteiger partial charge in [0.1, 0.15) is 11.7 Å². The van der Waals surface area contributed by atoms with Crippen LogP contribution in [0.3, 0.4) is 0 Å². The Morgan fingerprint density at radius 2 is 2.11 bits per heavy atom. The van der Waals surface area contributed by atoms with Crippen LogP contribution in [0.25, 0.3) is 0 Å². The zero-order chi connectivity index (χ0) is 13.1. The molecule has 0 bridgehead atoms. The molecule has 1 amide bonds. The highest BCUT2D eigenvalue weighted by molar-refractivity contribution is 5.94. The van der Waals surface area contributed by atoms with E-state index in [0.717, 1.165) is 19.3 Å². The Bertz CT molecular complexity index is 504. The minimum absolute atomic E-state index is 0.105. The Balaban J connectivity index is 2.24. The molecule has 3 N–H and O–H groups in total. The van der Waals surface area contributed by atoms with Gasteiger partial charge < -0.3 is 20.0 Å². The van der Waals surface area contributed by atoms with Gasteiger partial charge >= 0.3 is 11.7 Å². The van der Waals surface area contributed by atoms with Gasteiger partial charge in [-0.1, -0.05) is 12.8 Å². The summed E-state index contributed by atoms with van der Waals surface area (Å²) in [7, 11) is 0. The first-order valence-corrected chi connectivity index (χ1v) is 5.91. The summed E-state index contributed by atoms with van der Waals surface area (Å²) in [6.45, 7) is 0.406. The maximum Gasteiger partial charge on any atom is 0.326 e. The number of amides is 1. The monoisotopic (exact) mass is 253 g/mol. The number of carboxylic acids is 1. The number of nitrogens with one attached hydrogen (secondary N) is 2. The maximum absolute atomic E-state index is 12.2. The molecule has 2 rings (SSSR count). The van der Waals surface area contributed by atoms with Gasteiger partial charge in [-0.05, 0) is 12.8 Å². The summed E-state index contributed by atoms with van der Waals surface area (Å²) in [6, 6.07) is -0.807. The van der Waals surface area contributed by atoms with Crippen LogP contribution in [-0.2, 0) is 4.79 Å². The third kappa shape index (κ3) is 2.44. The molecule has 0 radical (unpaired) electrons. The number of H-pyrrole nitrogens is 2. The molecule has 1 aliphatic rings. The van der Waals surface area contributed by atoms with Crippen molar-refractivity contribution < 1.29 is 14.7 Å². The number of carbonyl (C=O) groups is 2. The molecule has 1 aliphatic heterocycles. The van der Waals surface area contributed by atoms with Crippen molar-refractivity contribution in [2.24, 2.45) is 0 Å². The molecule has 0 spiro atoms. The molecule has 98 valence electrons. The average Bonchev–Trinajstić information content (AvgIpc) is 2.63. The zero-order valence-electron chi connectivity index (χ0n) is 9.81. The van der Waals surface area contributed by atoms with E-state index in [9.17, 15) is 14.4 Å². The largest absolute Gasteiger partial charge is 0.480 e. The summed E-state index contributed by atoms with van der Waals surface area (Å²) in [5.74, 6) is -1.44. The Kier molecular flexibility index (Phi) is 3.50. The third-order valence-electron chi connectivity index (χ3n) is 3.12. The van der Waals surface area contributed by atoms with E-state index in [4.69, 9.17) is 5.11 Å². The lowest BCUT2D eigenvalue weighted by molar-refractivity contribution is -0.142. The van der Waals surface area contributed by atoms with Gasteiger partial charge in [0.05, 0.1) is 0 Å². The molecule has 0 aromatic carbocycles. The molecule has 2 heterocycles. The van der Waals surface area contributed by atoms with Crippen molar-refractivity contribution >= 4 is 11.9 Å². The number of aromatic nitrogens is 2. The van der Waals surface area contributed by atoms with Crippen LogP contribution in [0.4, 0.5) is 0 Å². The molecule has 7 nitrogen and oxygen atoms in total. The Morgan fingerprint density at radius 1 is 1.33 bits per heavy atom. The van der Waals surface area contributed by atoms with Gasteiger partial charge in [0.25, 0.3) is 5.91 Å². The quantitative estimate of drug-likeness (QED) is 0.698. The lowest BCUT2D eigenvalue weighted by Gasteiger charge is -2.26. The maximum atomic E-state index is 12.2. The predicted molar refractivity (Wildman–Crippen MR) is 62.3 cm³/mol. The van der Waals surface area contributed by atoms with Crippen molar-refractivity contribution in [3.8, 4) is 0 Å². The molecular weight excluding hydrogens is 238 g/mol. The number of imidazole rings is 1. The van der Waals surface area contributed by atoms with Crippen molar-refractivity contribution in [3.63, 3.8) is 0 Å². The normalized spacial score (nSPS) is 20.4. The summed E-state index contributed by atoms with van der Waals surface area (Å²) >= 11 is 0. The Labute approximate surface area is 103 Å². The minimum atomic E-state index is -0.997. The number of aromatic amines is 2. The van der Waals surface area contributed by atoms with Crippen molar-refractivity contribution in [2.45, 2.75) is 31.7 Å². The lowest BCUT2D eigenvalue weighted by Crippen LogP contribution is -2.44.